The Morgan fingerprint density at radius 1 is 1.41 bits per heavy atom. The Morgan fingerprint density at radius 3 is 2.65 bits per heavy atom. The van der Waals surface area contributed by atoms with Gasteiger partial charge in [-0.1, -0.05) is 13.3 Å². The van der Waals surface area contributed by atoms with Crippen molar-refractivity contribution in [2.45, 2.75) is 69.7 Å². The summed E-state index contributed by atoms with van der Waals surface area (Å²) in [5.74, 6) is 1.28. The molecule has 1 amide bonds. The quantitative estimate of drug-likeness (QED) is 0.719. The molecule has 3 N–H and O–H groups in total. The number of nitrogens with two attached hydrogens (primary N) is 1. The zero-order chi connectivity index (χ0) is 12.7. The molecule has 1 aliphatic rings. The van der Waals surface area contributed by atoms with E-state index >= 15 is 0 Å². The summed E-state index contributed by atoms with van der Waals surface area (Å²) in [6.45, 7) is 4.18. The van der Waals surface area contributed by atoms with Crippen molar-refractivity contribution in [1.29, 1.82) is 0 Å². The largest absolute Gasteiger partial charge is 0.352 e. The van der Waals surface area contributed by atoms with Crippen molar-refractivity contribution in [3.8, 4) is 0 Å². The molecule has 1 unspecified atom stereocenters. The zero-order valence-corrected chi connectivity index (χ0v) is 11.9. The van der Waals surface area contributed by atoms with Crippen LogP contribution in [0.3, 0.4) is 0 Å². The minimum Gasteiger partial charge on any atom is -0.352 e. The first-order valence-corrected chi connectivity index (χ1v) is 7.86. The van der Waals surface area contributed by atoms with Gasteiger partial charge in [-0.15, -0.1) is 11.8 Å². The molecule has 0 aromatic heterocycles. The van der Waals surface area contributed by atoms with Gasteiger partial charge in [0.15, 0.2) is 0 Å². The lowest BCUT2D eigenvalue weighted by Crippen LogP contribution is -2.43. The number of nitrogens with one attached hydrogen (secondary N) is 1. The lowest BCUT2D eigenvalue weighted by molar-refractivity contribution is -0.121. The summed E-state index contributed by atoms with van der Waals surface area (Å²) in [4.78, 5) is 11.9. The molecule has 0 radical (unpaired) electrons. The molecule has 1 atom stereocenters. The number of thioether (sulfide) groups is 1. The van der Waals surface area contributed by atoms with Crippen LogP contribution in [0.2, 0.25) is 0 Å². The number of hydrogen-bond donors (Lipinski definition) is 2. The van der Waals surface area contributed by atoms with Gasteiger partial charge in [-0.05, 0) is 44.8 Å². The highest BCUT2D eigenvalue weighted by Crippen LogP contribution is 2.18. The molecule has 3 nitrogen and oxygen atoms in total. The van der Waals surface area contributed by atoms with Gasteiger partial charge in [0.25, 0.3) is 0 Å². The van der Waals surface area contributed by atoms with Crippen molar-refractivity contribution in [2.75, 3.05) is 5.75 Å². The van der Waals surface area contributed by atoms with Crippen LogP contribution >= 0.6 is 11.8 Å². The first-order chi connectivity index (χ1) is 8.13. The van der Waals surface area contributed by atoms with Gasteiger partial charge in [-0.25, -0.2) is 0 Å². The van der Waals surface area contributed by atoms with Gasteiger partial charge >= 0.3 is 0 Å². The Kier molecular flexibility index (Phi) is 6.97. The number of amides is 1. The molecule has 100 valence electrons. The van der Waals surface area contributed by atoms with E-state index in [0.717, 1.165) is 31.4 Å². The molecule has 1 saturated carbocycles. The summed E-state index contributed by atoms with van der Waals surface area (Å²) in [5, 5.41) is 3.23. The predicted molar refractivity (Wildman–Crippen MR) is 75.2 cm³/mol. The van der Waals surface area contributed by atoms with E-state index in [0.29, 0.717) is 12.1 Å². The molecule has 0 bridgehead atoms. The first kappa shape index (κ1) is 14.8. The molecule has 0 spiro atoms. The molecule has 1 aliphatic carbocycles. The van der Waals surface area contributed by atoms with E-state index in [1.54, 1.807) is 11.8 Å². The average Bonchev–Trinajstić information content (AvgIpc) is 2.32. The van der Waals surface area contributed by atoms with Crippen LogP contribution in [0.25, 0.3) is 0 Å². The van der Waals surface area contributed by atoms with Gasteiger partial charge < -0.3 is 11.1 Å². The third-order valence-electron chi connectivity index (χ3n) is 3.35. The topological polar surface area (TPSA) is 55.1 Å². The minimum atomic E-state index is 0.0807. The van der Waals surface area contributed by atoms with Crippen molar-refractivity contribution in [3.05, 3.63) is 0 Å². The van der Waals surface area contributed by atoms with Gasteiger partial charge in [-0.3, -0.25) is 4.79 Å². The predicted octanol–water partition coefficient (Wildman–Crippen LogP) is 2.29. The summed E-state index contributed by atoms with van der Waals surface area (Å²) in [6, 6.07) is 0.705. The van der Waals surface area contributed by atoms with Crippen molar-refractivity contribution >= 4 is 17.7 Å². The highest BCUT2D eigenvalue weighted by Gasteiger charge is 2.22. The van der Waals surface area contributed by atoms with Gasteiger partial charge in [0.1, 0.15) is 0 Å². The van der Waals surface area contributed by atoms with Crippen LogP contribution in [-0.2, 0) is 4.79 Å². The van der Waals surface area contributed by atoms with Gasteiger partial charge in [0.2, 0.25) is 5.91 Å². The second kappa shape index (κ2) is 7.98. The molecule has 4 heteroatoms. The van der Waals surface area contributed by atoms with Crippen LogP contribution in [0.1, 0.15) is 52.4 Å². The van der Waals surface area contributed by atoms with E-state index in [2.05, 4.69) is 12.2 Å². The third-order valence-corrected chi connectivity index (χ3v) is 4.59. The highest BCUT2D eigenvalue weighted by atomic mass is 32.2. The Bertz CT molecular complexity index is 227. The van der Waals surface area contributed by atoms with E-state index in [-0.39, 0.29) is 11.2 Å². The molecule has 1 fully saturated rings. The van der Waals surface area contributed by atoms with Crippen molar-refractivity contribution < 1.29 is 4.79 Å². The van der Waals surface area contributed by atoms with Crippen molar-refractivity contribution in [3.63, 3.8) is 0 Å². The maximum absolute atomic E-state index is 11.9. The molecule has 1 rings (SSSR count). The van der Waals surface area contributed by atoms with Crippen LogP contribution in [0.15, 0.2) is 0 Å². The lowest BCUT2D eigenvalue weighted by atomic mass is 9.92. The number of carbonyl (C=O) groups excluding carboxylic acids is 1. The maximum Gasteiger partial charge on any atom is 0.233 e. The number of unbranched alkanes of at least 4 members (excludes halogenated alkanes) is 1. The first-order valence-electron chi connectivity index (χ1n) is 6.81. The van der Waals surface area contributed by atoms with E-state index in [1.165, 1.54) is 12.8 Å². The van der Waals surface area contributed by atoms with Gasteiger partial charge in [-0.2, -0.15) is 0 Å². The molecule has 17 heavy (non-hydrogen) atoms. The Morgan fingerprint density at radius 2 is 2.06 bits per heavy atom. The van der Waals surface area contributed by atoms with Crippen LogP contribution in [0.4, 0.5) is 0 Å². The van der Waals surface area contributed by atoms with Crippen molar-refractivity contribution in [1.82, 2.24) is 5.32 Å². The third kappa shape index (κ3) is 5.77. The molecule has 0 aliphatic heterocycles. The fraction of sp³-hybridized carbons (Fsp3) is 0.923. The Hall–Kier alpha value is -0.220. The van der Waals surface area contributed by atoms with Crippen LogP contribution in [-0.4, -0.2) is 29.0 Å². The number of hydrogen-bond acceptors (Lipinski definition) is 3. The standard InChI is InChI=1S/C13H26N2OS/c1-3-4-9-17-10(2)13(16)15-12-7-5-11(14)6-8-12/h10-12H,3-9,14H2,1-2H3,(H,15,16). The van der Waals surface area contributed by atoms with E-state index in [9.17, 15) is 4.79 Å². The smallest absolute Gasteiger partial charge is 0.233 e. The Balaban J connectivity index is 2.19. The second-order valence-electron chi connectivity index (χ2n) is 4.99. The monoisotopic (exact) mass is 258 g/mol. The Labute approximate surface area is 109 Å². The maximum atomic E-state index is 11.9. The summed E-state index contributed by atoms with van der Waals surface area (Å²) >= 11 is 1.76. The molecular weight excluding hydrogens is 232 g/mol. The second-order valence-corrected chi connectivity index (χ2v) is 6.44. The average molecular weight is 258 g/mol. The molecular formula is C13H26N2OS. The van der Waals surface area contributed by atoms with Crippen LogP contribution in [0, 0.1) is 0 Å². The highest BCUT2D eigenvalue weighted by molar-refractivity contribution is 8.00. The summed E-state index contributed by atoms with van der Waals surface area (Å²) in [7, 11) is 0. The normalized spacial score (nSPS) is 26.5. The lowest BCUT2D eigenvalue weighted by Gasteiger charge is -2.27. The summed E-state index contributed by atoms with van der Waals surface area (Å²) < 4.78 is 0. The van der Waals surface area contributed by atoms with E-state index < -0.39 is 0 Å². The molecule has 0 aromatic rings. The number of rotatable bonds is 6. The fourth-order valence-corrected chi connectivity index (χ4v) is 3.09. The minimum absolute atomic E-state index is 0.0807. The van der Waals surface area contributed by atoms with Gasteiger partial charge in [0.05, 0.1) is 5.25 Å². The van der Waals surface area contributed by atoms with E-state index in [4.69, 9.17) is 5.73 Å². The number of carbonyl (C=O) groups is 1. The van der Waals surface area contributed by atoms with Crippen LogP contribution < -0.4 is 11.1 Å². The summed E-state index contributed by atoms with van der Waals surface area (Å²) in [5.41, 5.74) is 5.85. The summed E-state index contributed by atoms with van der Waals surface area (Å²) in [6.07, 6.45) is 6.56. The van der Waals surface area contributed by atoms with E-state index in [1.807, 2.05) is 6.92 Å². The SMILES string of the molecule is CCCCSC(C)C(=O)NC1CCC(N)CC1. The van der Waals surface area contributed by atoms with Crippen LogP contribution in [0.5, 0.6) is 0 Å². The fourth-order valence-electron chi connectivity index (χ4n) is 2.06. The van der Waals surface area contributed by atoms with Gasteiger partial charge in [0, 0.05) is 12.1 Å². The van der Waals surface area contributed by atoms with Crippen molar-refractivity contribution in [2.24, 2.45) is 5.73 Å². The molecule has 0 heterocycles. The molecule has 0 saturated heterocycles. The molecule has 0 aromatic carbocycles. The zero-order valence-electron chi connectivity index (χ0n) is 11.1.